The first-order valence-electron chi connectivity index (χ1n) is 5.34. The Morgan fingerprint density at radius 1 is 1.06 bits per heavy atom. The second-order valence-electron chi connectivity index (χ2n) is 4.04. The van der Waals surface area contributed by atoms with Crippen molar-refractivity contribution < 1.29 is 8.78 Å². The molecule has 0 N–H and O–H groups in total. The van der Waals surface area contributed by atoms with Crippen molar-refractivity contribution in [2.75, 3.05) is 0 Å². The molecule has 0 aliphatic rings. The lowest BCUT2D eigenvalue weighted by Gasteiger charge is -2.13. The predicted molar refractivity (Wildman–Crippen MR) is 72.9 cm³/mol. The third-order valence-electron chi connectivity index (χ3n) is 2.74. The standard InChI is InChI=1S/C14H10BrClF2/c1-8-6-10(15)3-4-11(8)14(16)9-2-5-12(17)13(18)7-9/h2-7,14H,1H3. The summed E-state index contributed by atoms with van der Waals surface area (Å²) in [6.07, 6.45) is 0. The minimum Gasteiger partial charge on any atom is -0.204 e. The molecule has 4 heteroatoms. The largest absolute Gasteiger partial charge is 0.204 e. The third kappa shape index (κ3) is 2.73. The zero-order valence-corrected chi connectivity index (χ0v) is 11.9. The average Bonchev–Trinajstić information content (AvgIpc) is 2.32. The highest BCUT2D eigenvalue weighted by Gasteiger charge is 2.15. The normalized spacial score (nSPS) is 12.5. The monoisotopic (exact) mass is 330 g/mol. The van der Waals surface area contributed by atoms with Crippen LogP contribution in [0.5, 0.6) is 0 Å². The van der Waals surface area contributed by atoms with Crippen molar-refractivity contribution in [2.45, 2.75) is 12.3 Å². The minimum absolute atomic E-state index is 0.492. The van der Waals surface area contributed by atoms with Crippen LogP contribution in [0.4, 0.5) is 8.78 Å². The van der Waals surface area contributed by atoms with Crippen molar-refractivity contribution >= 4 is 27.5 Å². The summed E-state index contributed by atoms with van der Waals surface area (Å²) in [7, 11) is 0. The van der Waals surface area contributed by atoms with Crippen molar-refractivity contribution in [3.05, 3.63) is 69.2 Å². The zero-order valence-electron chi connectivity index (χ0n) is 9.55. The molecule has 18 heavy (non-hydrogen) atoms. The number of rotatable bonds is 2. The van der Waals surface area contributed by atoms with Gasteiger partial charge in [0.2, 0.25) is 0 Å². The van der Waals surface area contributed by atoms with Gasteiger partial charge in [0.05, 0.1) is 5.38 Å². The Kier molecular flexibility index (Phi) is 4.03. The molecule has 94 valence electrons. The summed E-state index contributed by atoms with van der Waals surface area (Å²) >= 11 is 9.68. The molecule has 0 saturated carbocycles. The zero-order chi connectivity index (χ0) is 13.3. The molecule has 2 rings (SSSR count). The smallest absolute Gasteiger partial charge is 0.159 e. The van der Waals surface area contributed by atoms with Gasteiger partial charge in [0.25, 0.3) is 0 Å². The van der Waals surface area contributed by atoms with Gasteiger partial charge in [0.1, 0.15) is 0 Å². The van der Waals surface area contributed by atoms with Gasteiger partial charge in [-0.15, -0.1) is 11.6 Å². The molecule has 2 aromatic rings. The van der Waals surface area contributed by atoms with E-state index in [1.165, 1.54) is 6.07 Å². The van der Waals surface area contributed by atoms with E-state index in [9.17, 15) is 8.78 Å². The van der Waals surface area contributed by atoms with Crippen LogP contribution >= 0.6 is 27.5 Å². The molecule has 0 spiro atoms. The van der Waals surface area contributed by atoms with E-state index in [2.05, 4.69) is 15.9 Å². The summed E-state index contributed by atoms with van der Waals surface area (Å²) in [5, 5.41) is -0.492. The molecule has 0 aliphatic heterocycles. The van der Waals surface area contributed by atoms with Crippen LogP contribution in [-0.2, 0) is 0 Å². The van der Waals surface area contributed by atoms with Crippen molar-refractivity contribution in [2.24, 2.45) is 0 Å². The lowest BCUT2D eigenvalue weighted by molar-refractivity contribution is 0.507. The Morgan fingerprint density at radius 3 is 2.39 bits per heavy atom. The van der Waals surface area contributed by atoms with Crippen LogP contribution in [0.2, 0.25) is 0 Å². The molecule has 0 amide bonds. The molecule has 2 aromatic carbocycles. The maximum absolute atomic E-state index is 13.2. The lowest BCUT2D eigenvalue weighted by Crippen LogP contribution is -1.98. The second kappa shape index (κ2) is 5.37. The summed E-state index contributed by atoms with van der Waals surface area (Å²) in [6, 6.07) is 9.40. The van der Waals surface area contributed by atoms with E-state index in [1.807, 2.05) is 25.1 Å². The number of aryl methyl sites for hydroxylation is 1. The van der Waals surface area contributed by atoms with E-state index in [-0.39, 0.29) is 0 Å². The summed E-state index contributed by atoms with van der Waals surface area (Å²) in [6.45, 7) is 1.93. The molecular formula is C14H10BrClF2. The first kappa shape index (κ1) is 13.5. The molecule has 0 radical (unpaired) electrons. The van der Waals surface area contributed by atoms with Gasteiger partial charge < -0.3 is 0 Å². The molecule has 0 fully saturated rings. The van der Waals surface area contributed by atoms with Crippen LogP contribution < -0.4 is 0 Å². The van der Waals surface area contributed by atoms with Gasteiger partial charge >= 0.3 is 0 Å². The summed E-state index contributed by atoms with van der Waals surface area (Å²) < 4.78 is 27.0. The highest BCUT2D eigenvalue weighted by atomic mass is 79.9. The van der Waals surface area contributed by atoms with Crippen molar-refractivity contribution in [3.63, 3.8) is 0 Å². The number of halogens is 4. The first-order valence-corrected chi connectivity index (χ1v) is 6.57. The summed E-state index contributed by atoms with van der Waals surface area (Å²) in [5.41, 5.74) is 2.42. The van der Waals surface area contributed by atoms with E-state index >= 15 is 0 Å². The number of alkyl halides is 1. The Hall–Kier alpha value is -0.930. The molecule has 0 aliphatic carbocycles. The van der Waals surface area contributed by atoms with Gasteiger partial charge in [0.15, 0.2) is 11.6 Å². The molecular weight excluding hydrogens is 322 g/mol. The molecule has 0 bridgehead atoms. The second-order valence-corrected chi connectivity index (χ2v) is 5.39. The Morgan fingerprint density at radius 2 is 1.78 bits per heavy atom. The fourth-order valence-electron chi connectivity index (χ4n) is 1.77. The van der Waals surface area contributed by atoms with E-state index in [0.29, 0.717) is 5.56 Å². The predicted octanol–water partition coefficient (Wildman–Crippen LogP) is 5.36. The van der Waals surface area contributed by atoms with Crippen LogP contribution in [0.15, 0.2) is 40.9 Å². The van der Waals surface area contributed by atoms with E-state index < -0.39 is 17.0 Å². The van der Waals surface area contributed by atoms with Gasteiger partial charge in [-0.3, -0.25) is 0 Å². The lowest BCUT2D eigenvalue weighted by atomic mass is 10.00. The maximum atomic E-state index is 13.2. The van der Waals surface area contributed by atoms with E-state index in [0.717, 1.165) is 27.7 Å². The summed E-state index contributed by atoms with van der Waals surface area (Å²) in [5.74, 6) is -1.75. The van der Waals surface area contributed by atoms with Crippen LogP contribution in [-0.4, -0.2) is 0 Å². The van der Waals surface area contributed by atoms with Crippen LogP contribution in [0.1, 0.15) is 22.1 Å². The number of hydrogen-bond donors (Lipinski definition) is 0. The highest BCUT2D eigenvalue weighted by molar-refractivity contribution is 9.10. The highest BCUT2D eigenvalue weighted by Crippen LogP contribution is 2.32. The molecule has 1 atom stereocenters. The molecule has 0 heterocycles. The van der Waals surface area contributed by atoms with Gasteiger partial charge in [-0.2, -0.15) is 0 Å². The third-order valence-corrected chi connectivity index (χ3v) is 3.72. The Balaban J connectivity index is 2.41. The quantitative estimate of drug-likeness (QED) is 0.650. The topological polar surface area (TPSA) is 0 Å². The Labute approximate surface area is 118 Å². The first-order chi connectivity index (χ1) is 8.49. The van der Waals surface area contributed by atoms with Crippen LogP contribution in [0.25, 0.3) is 0 Å². The van der Waals surface area contributed by atoms with Crippen molar-refractivity contribution in [3.8, 4) is 0 Å². The van der Waals surface area contributed by atoms with Gasteiger partial charge in [-0.1, -0.05) is 28.1 Å². The van der Waals surface area contributed by atoms with Gasteiger partial charge in [-0.25, -0.2) is 8.78 Å². The van der Waals surface area contributed by atoms with Gasteiger partial charge in [0, 0.05) is 4.47 Å². The van der Waals surface area contributed by atoms with Crippen molar-refractivity contribution in [1.29, 1.82) is 0 Å². The number of hydrogen-bond acceptors (Lipinski definition) is 0. The SMILES string of the molecule is Cc1cc(Br)ccc1C(Cl)c1ccc(F)c(F)c1. The van der Waals surface area contributed by atoms with Crippen molar-refractivity contribution in [1.82, 2.24) is 0 Å². The molecule has 0 nitrogen and oxygen atoms in total. The fourth-order valence-corrected chi connectivity index (χ4v) is 2.63. The molecule has 0 saturated heterocycles. The maximum Gasteiger partial charge on any atom is 0.159 e. The average molecular weight is 332 g/mol. The fraction of sp³-hybridized carbons (Fsp3) is 0.143. The minimum atomic E-state index is -0.882. The summed E-state index contributed by atoms with van der Waals surface area (Å²) in [4.78, 5) is 0. The number of benzene rings is 2. The van der Waals surface area contributed by atoms with Crippen LogP contribution in [0, 0.1) is 18.6 Å². The molecule has 1 unspecified atom stereocenters. The van der Waals surface area contributed by atoms with E-state index in [1.54, 1.807) is 0 Å². The van der Waals surface area contributed by atoms with Crippen LogP contribution in [0.3, 0.4) is 0 Å². The van der Waals surface area contributed by atoms with E-state index in [4.69, 9.17) is 11.6 Å². The Bertz CT molecular complexity index is 584. The molecule has 0 aromatic heterocycles. The van der Waals surface area contributed by atoms with Gasteiger partial charge in [-0.05, 0) is 47.9 Å².